The highest BCUT2D eigenvalue weighted by molar-refractivity contribution is 5.92. The van der Waals surface area contributed by atoms with Crippen LogP contribution in [-0.2, 0) is 6.54 Å². The Morgan fingerprint density at radius 2 is 1.81 bits per heavy atom. The molecule has 0 spiro atoms. The van der Waals surface area contributed by atoms with Gasteiger partial charge in [0.2, 0.25) is 0 Å². The van der Waals surface area contributed by atoms with Gasteiger partial charge in [0, 0.05) is 17.1 Å². The Morgan fingerprint density at radius 1 is 1.06 bits per heavy atom. The van der Waals surface area contributed by atoms with Crippen molar-refractivity contribution >= 4 is 17.0 Å². The maximum atomic E-state index is 13.2. The molecule has 7 nitrogen and oxygen atoms in total. The van der Waals surface area contributed by atoms with Gasteiger partial charge in [-0.15, -0.1) is 0 Å². The fraction of sp³-hybridized carbons (Fsp3) is 0.0909. The van der Waals surface area contributed by atoms with Gasteiger partial charge >= 0.3 is 12.6 Å². The summed E-state index contributed by atoms with van der Waals surface area (Å²) >= 11 is 0. The smallest absolute Gasteiger partial charge is 0.387 e. The molecule has 0 amide bonds. The van der Waals surface area contributed by atoms with Crippen LogP contribution in [0, 0.1) is 5.82 Å². The molecular formula is C22H14F3N3O4. The van der Waals surface area contributed by atoms with Gasteiger partial charge in [0.1, 0.15) is 22.8 Å². The van der Waals surface area contributed by atoms with E-state index in [9.17, 15) is 27.9 Å². The second-order valence-corrected chi connectivity index (χ2v) is 6.78. The molecule has 4 rings (SSSR count). The fourth-order valence-electron chi connectivity index (χ4n) is 3.20. The molecule has 0 atom stereocenters. The minimum Gasteiger partial charge on any atom is -0.477 e. The third kappa shape index (κ3) is 4.29. The lowest BCUT2D eigenvalue weighted by atomic mass is 10.1. The number of halogens is 3. The zero-order chi connectivity index (χ0) is 22.8. The van der Waals surface area contributed by atoms with Crippen molar-refractivity contribution in [1.82, 2.24) is 14.5 Å². The first-order valence-electron chi connectivity index (χ1n) is 9.24. The first kappa shape index (κ1) is 21.0. The summed E-state index contributed by atoms with van der Waals surface area (Å²) in [6, 6.07) is 11.0. The maximum Gasteiger partial charge on any atom is 0.387 e. The van der Waals surface area contributed by atoms with E-state index in [1.807, 2.05) is 0 Å². The van der Waals surface area contributed by atoms with E-state index in [0.29, 0.717) is 22.2 Å². The molecule has 0 saturated carbocycles. The van der Waals surface area contributed by atoms with Crippen molar-refractivity contribution in [1.29, 1.82) is 0 Å². The van der Waals surface area contributed by atoms with Crippen LogP contribution in [0.15, 0.2) is 65.7 Å². The van der Waals surface area contributed by atoms with Crippen LogP contribution >= 0.6 is 0 Å². The average molecular weight is 441 g/mol. The highest BCUT2D eigenvalue weighted by Crippen LogP contribution is 2.24. The van der Waals surface area contributed by atoms with Gasteiger partial charge in [0.25, 0.3) is 5.56 Å². The van der Waals surface area contributed by atoms with Gasteiger partial charge < -0.3 is 9.84 Å². The van der Waals surface area contributed by atoms with E-state index in [1.165, 1.54) is 53.2 Å². The van der Waals surface area contributed by atoms with Crippen molar-refractivity contribution in [3.8, 4) is 17.0 Å². The number of hydrogen-bond donors (Lipinski definition) is 1. The number of carboxylic acid groups (broad SMARTS) is 1. The molecule has 3 heterocycles. The Kier molecular flexibility index (Phi) is 5.59. The van der Waals surface area contributed by atoms with Crippen molar-refractivity contribution in [2.75, 3.05) is 0 Å². The van der Waals surface area contributed by atoms with E-state index >= 15 is 0 Å². The number of hydrogen-bond acceptors (Lipinski definition) is 5. The summed E-state index contributed by atoms with van der Waals surface area (Å²) in [5.41, 5.74) is 0.470. The number of carbonyl (C=O) groups is 1. The normalized spacial score (nSPS) is 11.1. The summed E-state index contributed by atoms with van der Waals surface area (Å²) in [6.45, 7) is -2.99. The van der Waals surface area contributed by atoms with E-state index in [2.05, 4.69) is 14.7 Å². The van der Waals surface area contributed by atoms with Crippen LogP contribution in [0.1, 0.15) is 15.9 Å². The number of nitrogens with zero attached hydrogens (tertiary/aromatic N) is 3. The highest BCUT2D eigenvalue weighted by atomic mass is 19.3. The predicted molar refractivity (Wildman–Crippen MR) is 108 cm³/mol. The monoisotopic (exact) mass is 441 g/mol. The molecule has 1 aromatic carbocycles. The molecular weight excluding hydrogens is 427 g/mol. The Balaban J connectivity index is 1.80. The molecule has 0 aliphatic rings. The molecule has 10 heteroatoms. The zero-order valence-electron chi connectivity index (χ0n) is 16.2. The van der Waals surface area contributed by atoms with Crippen molar-refractivity contribution in [2.24, 2.45) is 0 Å². The largest absolute Gasteiger partial charge is 0.477 e. The third-order valence-electron chi connectivity index (χ3n) is 4.67. The Labute approximate surface area is 178 Å². The highest BCUT2D eigenvalue weighted by Gasteiger charge is 2.17. The zero-order valence-corrected chi connectivity index (χ0v) is 16.2. The van der Waals surface area contributed by atoms with Gasteiger partial charge in [-0.1, -0.05) is 12.1 Å². The van der Waals surface area contributed by atoms with Gasteiger partial charge in [0.15, 0.2) is 0 Å². The van der Waals surface area contributed by atoms with E-state index in [0.717, 1.165) is 6.20 Å². The van der Waals surface area contributed by atoms with E-state index in [4.69, 9.17) is 0 Å². The van der Waals surface area contributed by atoms with Crippen LogP contribution in [0.5, 0.6) is 5.75 Å². The van der Waals surface area contributed by atoms with Crippen LogP contribution in [-0.4, -0.2) is 32.2 Å². The predicted octanol–water partition coefficient (Wildman–Crippen LogP) is 3.95. The number of fused-ring (bicyclic) bond motifs is 1. The van der Waals surface area contributed by atoms with Gasteiger partial charge in [-0.3, -0.25) is 14.3 Å². The number of ether oxygens (including phenoxy) is 1. The Bertz CT molecular complexity index is 1350. The second kappa shape index (κ2) is 8.50. The molecule has 1 N–H and O–H groups in total. The molecule has 0 aliphatic carbocycles. The maximum absolute atomic E-state index is 13.2. The number of benzene rings is 1. The first-order valence-corrected chi connectivity index (χ1v) is 9.24. The van der Waals surface area contributed by atoms with Crippen molar-refractivity contribution in [2.45, 2.75) is 13.2 Å². The lowest BCUT2D eigenvalue weighted by molar-refractivity contribution is -0.0500. The molecule has 0 aliphatic heterocycles. The molecule has 32 heavy (non-hydrogen) atoms. The van der Waals surface area contributed by atoms with Gasteiger partial charge in [-0.25, -0.2) is 14.2 Å². The summed E-state index contributed by atoms with van der Waals surface area (Å²) in [4.78, 5) is 32.8. The Hall–Kier alpha value is -4.21. The quantitative estimate of drug-likeness (QED) is 0.487. The van der Waals surface area contributed by atoms with Gasteiger partial charge in [-0.05, 0) is 42.0 Å². The van der Waals surface area contributed by atoms with Gasteiger partial charge in [-0.2, -0.15) is 8.78 Å². The van der Waals surface area contributed by atoms with Crippen molar-refractivity contribution in [3.63, 3.8) is 0 Å². The summed E-state index contributed by atoms with van der Waals surface area (Å²) < 4.78 is 43.3. The minimum atomic E-state index is -2.97. The van der Waals surface area contributed by atoms with E-state index in [1.54, 1.807) is 6.07 Å². The molecule has 0 unspecified atom stereocenters. The number of aromatic nitrogens is 3. The van der Waals surface area contributed by atoms with Crippen LogP contribution in [0.25, 0.3) is 22.3 Å². The second-order valence-electron chi connectivity index (χ2n) is 6.78. The lowest BCUT2D eigenvalue weighted by Crippen LogP contribution is -2.27. The molecule has 0 fully saturated rings. The molecule has 0 radical (unpaired) electrons. The number of pyridine rings is 3. The van der Waals surface area contributed by atoms with E-state index in [-0.39, 0.29) is 17.9 Å². The lowest BCUT2D eigenvalue weighted by Gasteiger charge is -2.12. The number of rotatable bonds is 6. The molecule has 0 bridgehead atoms. The van der Waals surface area contributed by atoms with Crippen molar-refractivity contribution in [3.05, 3.63) is 88.2 Å². The molecule has 3 aromatic heterocycles. The number of carboxylic acids is 1. The van der Waals surface area contributed by atoms with Gasteiger partial charge in [0.05, 0.1) is 18.4 Å². The topological polar surface area (TPSA) is 94.3 Å². The van der Waals surface area contributed by atoms with Crippen LogP contribution in [0.3, 0.4) is 0 Å². The summed E-state index contributed by atoms with van der Waals surface area (Å²) in [7, 11) is 0. The van der Waals surface area contributed by atoms with E-state index < -0.39 is 29.5 Å². The standard InChI is InChI=1S/C22H14F3N3O4/c23-15-3-1-12(2-4-15)11-28-19-13(8-17(20(28)29)21(30)31)7-14(9-27-19)18-6-5-16(10-26-18)32-22(24)25/h1-10,22H,11H2,(H,30,31). The SMILES string of the molecule is O=C(O)c1cc2cc(-c3ccc(OC(F)F)cn3)cnc2n(Cc2ccc(F)cc2)c1=O. The summed E-state index contributed by atoms with van der Waals surface area (Å²) in [5.74, 6) is -1.95. The third-order valence-corrected chi connectivity index (χ3v) is 4.67. The van der Waals surface area contributed by atoms with Crippen LogP contribution in [0.2, 0.25) is 0 Å². The molecule has 162 valence electrons. The Morgan fingerprint density at radius 3 is 2.44 bits per heavy atom. The summed E-state index contributed by atoms with van der Waals surface area (Å²) in [5, 5.41) is 9.83. The number of alkyl halides is 2. The molecule has 4 aromatic rings. The number of aromatic carboxylic acids is 1. The van der Waals surface area contributed by atoms with Crippen LogP contribution < -0.4 is 10.3 Å². The minimum absolute atomic E-state index is 0.0129. The summed E-state index contributed by atoms with van der Waals surface area (Å²) in [6.07, 6.45) is 2.56. The fourth-order valence-corrected chi connectivity index (χ4v) is 3.20. The molecule has 0 saturated heterocycles. The average Bonchev–Trinajstić information content (AvgIpc) is 2.76. The first-order chi connectivity index (χ1) is 15.3. The van der Waals surface area contributed by atoms with Crippen LogP contribution in [0.4, 0.5) is 13.2 Å². The van der Waals surface area contributed by atoms with Crippen molar-refractivity contribution < 1.29 is 27.8 Å².